The maximum Gasteiger partial charge on any atom is 0.0543 e. The van der Waals surface area contributed by atoms with E-state index in [1.54, 1.807) is 0 Å². The van der Waals surface area contributed by atoms with Crippen LogP contribution in [0, 0.1) is 5.92 Å². The van der Waals surface area contributed by atoms with Crippen LogP contribution in [0.25, 0.3) is 0 Å². The van der Waals surface area contributed by atoms with Gasteiger partial charge in [0.25, 0.3) is 0 Å². The largest absolute Gasteiger partial charge is 0.393 e. The summed E-state index contributed by atoms with van der Waals surface area (Å²) in [5.74, 6) is 0.824. The average Bonchev–Trinajstić information content (AvgIpc) is 2.14. The summed E-state index contributed by atoms with van der Waals surface area (Å²) in [6.45, 7) is 2.20. The maximum absolute atomic E-state index is 9.03. The Labute approximate surface area is 50.7 Å². The lowest BCUT2D eigenvalue weighted by molar-refractivity contribution is 0.177. The van der Waals surface area contributed by atoms with E-state index >= 15 is 0 Å². The first kappa shape index (κ1) is 6.09. The monoisotopic (exact) mass is 114 g/mol. The van der Waals surface area contributed by atoms with Gasteiger partial charge >= 0.3 is 0 Å². The molecule has 8 heavy (non-hydrogen) atoms. The predicted octanol–water partition coefficient (Wildman–Crippen LogP) is 1.56. The van der Waals surface area contributed by atoms with Crippen LogP contribution in [0.15, 0.2) is 0 Å². The average molecular weight is 114 g/mol. The number of aliphatic hydroxyl groups is 1. The van der Waals surface area contributed by atoms with Gasteiger partial charge in [-0.1, -0.05) is 13.3 Å². The highest BCUT2D eigenvalue weighted by Gasteiger charge is 2.20. The molecule has 1 unspecified atom stereocenters. The number of hydrogen-bond acceptors (Lipinski definition) is 1. The molecule has 0 aromatic carbocycles. The molecule has 1 nitrogen and oxygen atoms in total. The molecular formula is C7H14O. The molecule has 48 valence electrons. The maximum atomic E-state index is 9.03. The van der Waals surface area contributed by atoms with Crippen LogP contribution in [-0.2, 0) is 0 Å². The van der Waals surface area contributed by atoms with E-state index in [9.17, 15) is 0 Å². The fraction of sp³-hybridized carbons (Fsp3) is 1.00. The third kappa shape index (κ3) is 1.22. The molecule has 2 atom stereocenters. The first-order chi connectivity index (χ1) is 3.83. The van der Waals surface area contributed by atoms with Crippen molar-refractivity contribution in [2.45, 2.75) is 38.7 Å². The van der Waals surface area contributed by atoms with Crippen LogP contribution in [0.5, 0.6) is 0 Å². The highest BCUT2D eigenvalue weighted by Crippen LogP contribution is 2.27. The predicted molar refractivity (Wildman–Crippen MR) is 33.6 cm³/mol. The van der Waals surface area contributed by atoms with Crippen LogP contribution < -0.4 is 0 Å². The molecule has 1 heteroatoms. The van der Waals surface area contributed by atoms with Gasteiger partial charge in [0.1, 0.15) is 0 Å². The van der Waals surface area contributed by atoms with E-state index in [0.29, 0.717) is 0 Å². The minimum absolute atomic E-state index is 0.0277. The van der Waals surface area contributed by atoms with Crippen molar-refractivity contribution in [2.75, 3.05) is 0 Å². The number of hydrogen-bond donors (Lipinski definition) is 1. The second-order valence-corrected chi connectivity index (χ2v) is 2.74. The molecular weight excluding hydrogens is 100 g/mol. The molecule has 0 bridgehead atoms. The Morgan fingerprint density at radius 2 is 2.25 bits per heavy atom. The third-order valence-electron chi connectivity index (χ3n) is 2.09. The fourth-order valence-corrected chi connectivity index (χ4v) is 1.42. The summed E-state index contributed by atoms with van der Waals surface area (Å²) in [5.41, 5.74) is 0. The molecule has 0 amide bonds. The van der Waals surface area contributed by atoms with Crippen molar-refractivity contribution >= 4 is 0 Å². The van der Waals surface area contributed by atoms with E-state index in [0.717, 1.165) is 18.8 Å². The lowest BCUT2D eigenvalue weighted by Gasteiger charge is -2.01. The zero-order valence-electron chi connectivity index (χ0n) is 5.43. The van der Waals surface area contributed by atoms with Crippen molar-refractivity contribution in [3.05, 3.63) is 0 Å². The summed E-state index contributed by atoms with van der Waals surface area (Å²) in [6.07, 6.45) is 4.61. The Morgan fingerprint density at radius 3 is 2.50 bits per heavy atom. The van der Waals surface area contributed by atoms with Gasteiger partial charge in [-0.25, -0.2) is 0 Å². The SMILES string of the molecule is CC[C@@H]1CCC(O)C1. The molecule has 1 rings (SSSR count). The van der Waals surface area contributed by atoms with E-state index in [1.807, 2.05) is 0 Å². The molecule has 1 N–H and O–H groups in total. The summed E-state index contributed by atoms with van der Waals surface area (Å²) in [5, 5.41) is 9.03. The van der Waals surface area contributed by atoms with Gasteiger partial charge in [0.2, 0.25) is 0 Å². The molecule has 0 aromatic rings. The van der Waals surface area contributed by atoms with Crippen LogP contribution in [0.1, 0.15) is 32.6 Å². The van der Waals surface area contributed by atoms with Crippen LogP contribution in [0.4, 0.5) is 0 Å². The van der Waals surface area contributed by atoms with Crippen molar-refractivity contribution in [1.82, 2.24) is 0 Å². The number of rotatable bonds is 1. The fourth-order valence-electron chi connectivity index (χ4n) is 1.42. The first-order valence-electron chi connectivity index (χ1n) is 3.51. The normalized spacial score (nSPS) is 38.2. The third-order valence-corrected chi connectivity index (χ3v) is 2.09. The Morgan fingerprint density at radius 1 is 1.50 bits per heavy atom. The second-order valence-electron chi connectivity index (χ2n) is 2.74. The van der Waals surface area contributed by atoms with E-state index in [4.69, 9.17) is 5.11 Å². The van der Waals surface area contributed by atoms with E-state index < -0.39 is 0 Å². The van der Waals surface area contributed by atoms with Crippen LogP contribution >= 0.6 is 0 Å². The summed E-state index contributed by atoms with van der Waals surface area (Å²) >= 11 is 0. The minimum atomic E-state index is 0.0277. The summed E-state index contributed by atoms with van der Waals surface area (Å²) < 4.78 is 0. The Balaban J connectivity index is 2.22. The van der Waals surface area contributed by atoms with Gasteiger partial charge < -0.3 is 5.11 Å². The van der Waals surface area contributed by atoms with Gasteiger partial charge in [-0.3, -0.25) is 0 Å². The van der Waals surface area contributed by atoms with Gasteiger partial charge in [-0.15, -0.1) is 0 Å². The van der Waals surface area contributed by atoms with Gasteiger partial charge in [-0.05, 0) is 25.2 Å². The van der Waals surface area contributed by atoms with Crippen molar-refractivity contribution in [1.29, 1.82) is 0 Å². The molecule has 0 saturated heterocycles. The zero-order valence-corrected chi connectivity index (χ0v) is 5.43. The van der Waals surface area contributed by atoms with Gasteiger partial charge in [0.15, 0.2) is 0 Å². The van der Waals surface area contributed by atoms with Gasteiger partial charge in [0.05, 0.1) is 6.10 Å². The van der Waals surface area contributed by atoms with Crippen LogP contribution in [-0.4, -0.2) is 11.2 Å². The van der Waals surface area contributed by atoms with Gasteiger partial charge in [0, 0.05) is 0 Å². The minimum Gasteiger partial charge on any atom is -0.393 e. The van der Waals surface area contributed by atoms with Crippen LogP contribution in [0.3, 0.4) is 0 Å². The topological polar surface area (TPSA) is 20.2 Å². The van der Waals surface area contributed by atoms with Crippen molar-refractivity contribution < 1.29 is 5.11 Å². The molecule has 0 heterocycles. The summed E-state index contributed by atoms with van der Waals surface area (Å²) in [4.78, 5) is 0. The van der Waals surface area contributed by atoms with Crippen molar-refractivity contribution in [2.24, 2.45) is 5.92 Å². The molecule has 0 aliphatic heterocycles. The Bertz CT molecular complexity index is 70.8. The highest BCUT2D eigenvalue weighted by atomic mass is 16.3. The summed E-state index contributed by atoms with van der Waals surface area (Å²) in [7, 11) is 0. The molecule has 1 aliphatic carbocycles. The molecule has 1 saturated carbocycles. The van der Waals surface area contributed by atoms with Crippen molar-refractivity contribution in [3.63, 3.8) is 0 Å². The lowest BCUT2D eigenvalue weighted by atomic mass is 10.1. The molecule has 0 spiro atoms. The standard InChI is InChI=1S/C7H14O/c1-2-6-3-4-7(8)5-6/h6-8H,2-5H2,1H3/t6-,7?/m1/s1. The molecule has 0 aromatic heterocycles. The quantitative estimate of drug-likeness (QED) is 0.548. The van der Waals surface area contributed by atoms with E-state index in [2.05, 4.69) is 6.92 Å². The summed E-state index contributed by atoms with van der Waals surface area (Å²) in [6, 6.07) is 0. The first-order valence-corrected chi connectivity index (χ1v) is 3.51. The lowest BCUT2D eigenvalue weighted by Crippen LogP contribution is -1.98. The highest BCUT2D eigenvalue weighted by molar-refractivity contribution is 4.72. The zero-order chi connectivity index (χ0) is 5.98. The van der Waals surface area contributed by atoms with E-state index in [-0.39, 0.29) is 6.10 Å². The Hall–Kier alpha value is -0.0400. The molecule has 0 radical (unpaired) electrons. The Kier molecular flexibility index (Phi) is 1.90. The second kappa shape index (κ2) is 2.49. The molecule has 1 fully saturated rings. The van der Waals surface area contributed by atoms with Gasteiger partial charge in [-0.2, -0.15) is 0 Å². The molecule has 1 aliphatic rings. The van der Waals surface area contributed by atoms with Crippen LogP contribution in [0.2, 0.25) is 0 Å². The van der Waals surface area contributed by atoms with Crippen molar-refractivity contribution in [3.8, 4) is 0 Å². The smallest absolute Gasteiger partial charge is 0.0543 e. The number of aliphatic hydroxyl groups excluding tert-OH is 1. The van der Waals surface area contributed by atoms with E-state index in [1.165, 1.54) is 12.8 Å².